The predicted octanol–water partition coefficient (Wildman–Crippen LogP) is -0.00940. The average molecular weight is 501 g/mol. The molecule has 1 N–H and O–H groups in total. The molecule has 9 nitrogen and oxygen atoms in total. The SMILES string of the molecule is COc1cc(C2C(=C([O-])c3ccc(F)cc3)C(=O)C(=O)N2CC[NH+]2CCOCC2)cc(OC)c1OC. The number of hydrogen-bond donors (Lipinski definition) is 1. The molecule has 192 valence electrons. The third-order valence-electron chi connectivity index (χ3n) is 6.54. The molecule has 4 rings (SSSR count). The fraction of sp³-hybridized carbons (Fsp3) is 0.385. The number of hydrogen-bond acceptors (Lipinski definition) is 7. The van der Waals surface area contributed by atoms with Crippen molar-refractivity contribution in [1.29, 1.82) is 0 Å². The summed E-state index contributed by atoms with van der Waals surface area (Å²) in [7, 11) is 4.38. The highest BCUT2D eigenvalue weighted by atomic mass is 19.1. The standard InChI is InChI=1S/C26H29FN2O7/c1-33-19-14-17(15-20(34-2)25(19)35-3)22-21(23(30)16-4-6-18(27)7-5-16)24(31)26(32)29(22)9-8-28-10-12-36-13-11-28/h4-7,14-15,22,30H,8-13H2,1-3H3. The molecule has 0 radical (unpaired) electrons. The first kappa shape index (κ1) is 25.5. The number of morpholine rings is 1. The van der Waals surface area contributed by atoms with Gasteiger partial charge < -0.3 is 33.9 Å². The zero-order valence-corrected chi connectivity index (χ0v) is 20.5. The number of amides is 1. The van der Waals surface area contributed by atoms with Crippen LogP contribution in [0.1, 0.15) is 17.2 Å². The Hall–Kier alpha value is -3.63. The van der Waals surface area contributed by atoms with Crippen molar-refractivity contribution in [1.82, 2.24) is 4.90 Å². The molecule has 0 aliphatic carbocycles. The van der Waals surface area contributed by atoms with Crippen LogP contribution in [-0.4, -0.2) is 77.3 Å². The summed E-state index contributed by atoms with van der Waals surface area (Å²) in [5, 5.41) is 13.5. The van der Waals surface area contributed by atoms with E-state index in [1.807, 2.05) is 0 Å². The summed E-state index contributed by atoms with van der Waals surface area (Å²) in [4.78, 5) is 29.1. The molecule has 1 atom stereocenters. The van der Waals surface area contributed by atoms with Gasteiger partial charge in [-0.05, 0) is 35.4 Å². The van der Waals surface area contributed by atoms with Gasteiger partial charge in [0.15, 0.2) is 11.5 Å². The maximum absolute atomic E-state index is 13.5. The van der Waals surface area contributed by atoms with Gasteiger partial charge >= 0.3 is 0 Å². The van der Waals surface area contributed by atoms with Gasteiger partial charge in [-0.1, -0.05) is 17.9 Å². The molecule has 0 aromatic heterocycles. The maximum atomic E-state index is 13.5. The maximum Gasteiger partial charge on any atom is 0.295 e. The van der Waals surface area contributed by atoms with Crippen LogP contribution in [0.2, 0.25) is 0 Å². The van der Waals surface area contributed by atoms with E-state index in [1.165, 1.54) is 43.3 Å². The van der Waals surface area contributed by atoms with Gasteiger partial charge in [-0.3, -0.25) is 9.59 Å². The Morgan fingerprint density at radius 2 is 1.67 bits per heavy atom. The van der Waals surface area contributed by atoms with E-state index in [-0.39, 0.29) is 17.7 Å². The number of ether oxygens (including phenoxy) is 4. The molecule has 2 aromatic carbocycles. The summed E-state index contributed by atoms with van der Waals surface area (Å²) >= 11 is 0. The van der Waals surface area contributed by atoms with Crippen LogP contribution in [-0.2, 0) is 14.3 Å². The molecule has 2 heterocycles. The number of rotatable bonds is 8. The number of ketones is 1. The van der Waals surface area contributed by atoms with Gasteiger partial charge in [0.1, 0.15) is 18.9 Å². The van der Waals surface area contributed by atoms with Crippen LogP contribution < -0.4 is 24.2 Å². The van der Waals surface area contributed by atoms with Crippen LogP contribution in [0.4, 0.5) is 4.39 Å². The molecular weight excluding hydrogens is 471 g/mol. The van der Waals surface area contributed by atoms with Gasteiger partial charge in [-0.25, -0.2) is 4.39 Å². The second-order valence-electron chi connectivity index (χ2n) is 8.55. The number of quaternary nitrogens is 1. The van der Waals surface area contributed by atoms with Gasteiger partial charge in [0.05, 0.1) is 53.7 Å². The minimum Gasteiger partial charge on any atom is -0.872 e. The first-order valence-electron chi connectivity index (χ1n) is 11.6. The highest BCUT2D eigenvalue weighted by Crippen LogP contribution is 2.45. The van der Waals surface area contributed by atoms with Gasteiger partial charge in [0.2, 0.25) is 11.5 Å². The largest absolute Gasteiger partial charge is 0.872 e. The minimum absolute atomic E-state index is 0.116. The quantitative estimate of drug-likeness (QED) is 0.309. The summed E-state index contributed by atoms with van der Waals surface area (Å²) in [5.41, 5.74) is 0.384. The van der Waals surface area contributed by atoms with Crippen LogP contribution in [0.25, 0.3) is 5.76 Å². The molecule has 1 amide bonds. The van der Waals surface area contributed by atoms with E-state index in [1.54, 1.807) is 12.1 Å². The molecule has 1 unspecified atom stereocenters. The normalized spacial score (nSPS) is 20.0. The Morgan fingerprint density at radius 1 is 1.06 bits per heavy atom. The molecule has 2 fully saturated rings. The predicted molar refractivity (Wildman–Crippen MR) is 125 cm³/mol. The summed E-state index contributed by atoms with van der Waals surface area (Å²) < 4.78 is 35.2. The van der Waals surface area contributed by atoms with Crippen molar-refractivity contribution in [3.8, 4) is 17.2 Å². The topological polar surface area (TPSA) is 102 Å². The zero-order valence-electron chi connectivity index (χ0n) is 20.5. The summed E-state index contributed by atoms with van der Waals surface area (Å²) in [6.07, 6.45) is 0. The minimum atomic E-state index is -0.975. The van der Waals surface area contributed by atoms with Gasteiger partial charge in [0, 0.05) is 5.57 Å². The Kier molecular flexibility index (Phi) is 7.76. The Balaban J connectivity index is 1.83. The van der Waals surface area contributed by atoms with Crippen molar-refractivity contribution in [3.05, 3.63) is 58.9 Å². The van der Waals surface area contributed by atoms with E-state index >= 15 is 0 Å². The summed E-state index contributed by atoms with van der Waals surface area (Å²) in [6, 6.07) is 7.17. The first-order chi connectivity index (χ1) is 17.4. The molecule has 2 aromatic rings. The Bertz CT molecular complexity index is 1130. The highest BCUT2D eigenvalue weighted by molar-refractivity contribution is 6.46. The van der Waals surface area contributed by atoms with Gasteiger partial charge in [-0.2, -0.15) is 0 Å². The van der Waals surface area contributed by atoms with E-state index in [2.05, 4.69) is 0 Å². The molecule has 0 saturated carbocycles. The number of nitrogens with one attached hydrogen (secondary N) is 1. The Labute approximate surface area is 208 Å². The van der Waals surface area contributed by atoms with Crippen LogP contribution in [0, 0.1) is 5.82 Å². The van der Waals surface area contributed by atoms with E-state index in [0.29, 0.717) is 42.6 Å². The lowest BCUT2D eigenvalue weighted by Crippen LogP contribution is -3.14. The number of likely N-dealkylation sites (tertiary alicyclic amines) is 1. The van der Waals surface area contributed by atoms with Crippen LogP contribution in [0.5, 0.6) is 17.2 Å². The lowest BCUT2D eigenvalue weighted by Gasteiger charge is -2.30. The third-order valence-corrected chi connectivity index (χ3v) is 6.54. The van der Waals surface area contributed by atoms with Crippen molar-refractivity contribution in [2.75, 3.05) is 60.7 Å². The van der Waals surface area contributed by atoms with Crippen LogP contribution in [0.3, 0.4) is 0 Å². The lowest BCUT2D eigenvalue weighted by molar-refractivity contribution is -0.907. The van der Waals surface area contributed by atoms with Crippen molar-refractivity contribution >= 4 is 17.4 Å². The number of benzene rings is 2. The van der Waals surface area contributed by atoms with Gasteiger partial charge in [0.25, 0.3) is 5.91 Å². The average Bonchev–Trinajstić information content (AvgIpc) is 3.16. The van der Waals surface area contributed by atoms with E-state index in [4.69, 9.17) is 18.9 Å². The van der Waals surface area contributed by atoms with Crippen molar-refractivity contribution in [2.45, 2.75) is 6.04 Å². The molecule has 36 heavy (non-hydrogen) atoms. The number of carbonyl (C=O) groups is 2. The van der Waals surface area contributed by atoms with Crippen LogP contribution >= 0.6 is 0 Å². The monoisotopic (exact) mass is 500 g/mol. The van der Waals surface area contributed by atoms with E-state index < -0.39 is 29.3 Å². The summed E-state index contributed by atoms with van der Waals surface area (Å²) in [6.45, 7) is 3.66. The molecule has 2 aliphatic heterocycles. The van der Waals surface area contributed by atoms with E-state index in [0.717, 1.165) is 25.2 Å². The number of Topliss-reactive ketones (excluding diaryl/α,β-unsaturated/α-hetero) is 1. The van der Waals surface area contributed by atoms with Crippen molar-refractivity contribution < 1.29 is 42.9 Å². The lowest BCUT2D eigenvalue weighted by atomic mass is 9.94. The zero-order chi connectivity index (χ0) is 25.8. The van der Waals surface area contributed by atoms with Crippen molar-refractivity contribution in [3.63, 3.8) is 0 Å². The second kappa shape index (κ2) is 11.0. The Morgan fingerprint density at radius 3 is 2.22 bits per heavy atom. The van der Waals surface area contributed by atoms with Gasteiger partial charge in [-0.15, -0.1) is 0 Å². The van der Waals surface area contributed by atoms with E-state index in [9.17, 15) is 19.1 Å². The molecule has 2 aliphatic rings. The fourth-order valence-electron chi connectivity index (χ4n) is 4.65. The van der Waals surface area contributed by atoms with Crippen molar-refractivity contribution in [2.24, 2.45) is 0 Å². The number of nitrogens with zero attached hydrogens (tertiary/aromatic N) is 1. The van der Waals surface area contributed by atoms with Crippen LogP contribution in [0.15, 0.2) is 42.0 Å². The summed E-state index contributed by atoms with van der Waals surface area (Å²) in [5.74, 6) is -1.78. The smallest absolute Gasteiger partial charge is 0.295 e. The highest BCUT2D eigenvalue weighted by Gasteiger charge is 2.45. The molecular formula is C26H29FN2O7. The molecule has 10 heteroatoms. The first-order valence-corrected chi connectivity index (χ1v) is 11.6. The third kappa shape index (κ3) is 4.87. The molecule has 2 saturated heterocycles. The fourth-order valence-corrected chi connectivity index (χ4v) is 4.65. The number of carbonyl (C=O) groups excluding carboxylic acids is 2. The second-order valence-corrected chi connectivity index (χ2v) is 8.55. The number of halogens is 1. The number of methoxy groups -OCH3 is 3. The molecule has 0 spiro atoms. The molecule has 0 bridgehead atoms.